The van der Waals surface area contributed by atoms with Crippen molar-refractivity contribution in [3.05, 3.63) is 53.1 Å². The van der Waals surface area contributed by atoms with E-state index in [1.807, 2.05) is 13.8 Å². The molecule has 1 aliphatic heterocycles. The fourth-order valence-electron chi connectivity index (χ4n) is 3.59. The van der Waals surface area contributed by atoms with E-state index < -0.39 is 28.5 Å². The molecule has 2 unspecified atom stereocenters. The van der Waals surface area contributed by atoms with Crippen molar-refractivity contribution in [2.24, 2.45) is 0 Å². The van der Waals surface area contributed by atoms with Gasteiger partial charge in [-0.3, -0.25) is 13.9 Å². The van der Waals surface area contributed by atoms with Crippen LogP contribution >= 0.6 is 11.6 Å². The average Bonchev–Trinajstić information content (AvgIpc) is 3.34. The van der Waals surface area contributed by atoms with E-state index in [2.05, 4.69) is 5.32 Å². The molecule has 9 nitrogen and oxygen atoms in total. The lowest BCUT2D eigenvalue weighted by Crippen LogP contribution is -2.52. The second-order valence-electron chi connectivity index (χ2n) is 8.59. The maximum atomic E-state index is 13.7. The van der Waals surface area contributed by atoms with Crippen molar-refractivity contribution in [3.63, 3.8) is 0 Å². The third-order valence-electron chi connectivity index (χ3n) is 6.06. The minimum atomic E-state index is -3.84. The Morgan fingerprint density at radius 2 is 1.72 bits per heavy atom. The highest BCUT2D eigenvalue weighted by atomic mass is 35.5. The molecule has 11 heteroatoms. The third kappa shape index (κ3) is 6.61. The van der Waals surface area contributed by atoms with Gasteiger partial charge in [0.1, 0.15) is 12.6 Å². The lowest BCUT2D eigenvalue weighted by Gasteiger charge is -2.32. The Labute approximate surface area is 217 Å². The summed E-state index contributed by atoms with van der Waals surface area (Å²) in [6, 6.07) is 10.7. The van der Waals surface area contributed by atoms with Crippen molar-refractivity contribution >= 4 is 39.1 Å². The molecule has 0 radical (unpaired) electrons. The number of halogens is 1. The van der Waals surface area contributed by atoms with Crippen molar-refractivity contribution < 1.29 is 27.5 Å². The molecule has 3 rings (SSSR count). The number of nitrogens with zero attached hydrogens (tertiary/aromatic N) is 2. The molecule has 2 aromatic carbocycles. The Balaban J connectivity index is 1.93. The van der Waals surface area contributed by atoms with E-state index in [0.717, 1.165) is 16.3 Å². The number of amides is 2. The van der Waals surface area contributed by atoms with Crippen LogP contribution in [0.2, 0.25) is 5.02 Å². The summed E-state index contributed by atoms with van der Waals surface area (Å²) in [5.74, 6) is -0.157. The molecule has 1 N–H and O–H groups in total. The Kier molecular flexibility index (Phi) is 9.08. The Bertz CT molecular complexity index is 1190. The smallest absolute Gasteiger partial charge is 0.244 e. The molecule has 2 amide bonds. The monoisotopic (exact) mass is 537 g/mol. The second-order valence-corrected chi connectivity index (χ2v) is 11.2. The maximum Gasteiger partial charge on any atom is 0.244 e. The zero-order valence-electron chi connectivity index (χ0n) is 20.9. The average molecular weight is 538 g/mol. The van der Waals surface area contributed by atoms with E-state index in [0.29, 0.717) is 16.5 Å². The Morgan fingerprint density at radius 1 is 1.06 bits per heavy atom. The first kappa shape index (κ1) is 27.6. The van der Waals surface area contributed by atoms with E-state index in [-0.39, 0.29) is 36.7 Å². The van der Waals surface area contributed by atoms with Crippen LogP contribution in [0.15, 0.2) is 42.5 Å². The normalized spacial score (nSPS) is 14.1. The molecule has 0 aliphatic carbocycles. The number of carbonyl (C=O) groups excluding carboxylic acids is 2. The van der Waals surface area contributed by atoms with Crippen molar-refractivity contribution in [1.29, 1.82) is 0 Å². The predicted octanol–water partition coefficient (Wildman–Crippen LogP) is 3.56. The first-order valence-electron chi connectivity index (χ1n) is 11.8. The van der Waals surface area contributed by atoms with Crippen LogP contribution < -0.4 is 19.1 Å². The van der Waals surface area contributed by atoms with Gasteiger partial charge in [0.2, 0.25) is 28.6 Å². The molecule has 0 fully saturated rings. The number of anilines is 1. The first-order chi connectivity index (χ1) is 17.1. The number of rotatable bonds is 11. The number of hydrogen-bond donors (Lipinski definition) is 1. The number of nitrogens with one attached hydrogen (secondary N) is 1. The maximum absolute atomic E-state index is 13.7. The Morgan fingerprint density at radius 3 is 2.36 bits per heavy atom. The van der Waals surface area contributed by atoms with E-state index in [1.165, 1.54) is 17.9 Å². The van der Waals surface area contributed by atoms with Crippen molar-refractivity contribution in [1.82, 2.24) is 10.2 Å². The lowest BCUT2D eigenvalue weighted by molar-refractivity contribution is -0.139. The minimum absolute atomic E-state index is 0.0376. The number of benzene rings is 2. The summed E-state index contributed by atoms with van der Waals surface area (Å²) in [6.45, 7) is 6.63. The van der Waals surface area contributed by atoms with Crippen LogP contribution in [-0.2, 0) is 26.2 Å². The molecule has 0 bridgehead atoms. The van der Waals surface area contributed by atoms with Crippen molar-refractivity contribution in [2.75, 3.05) is 23.4 Å². The Hall–Kier alpha value is -2.98. The molecule has 2 aromatic rings. The summed E-state index contributed by atoms with van der Waals surface area (Å²) in [4.78, 5) is 28.0. The number of fused-ring (bicyclic) bond motifs is 1. The molecule has 2 atom stereocenters. The quantitative estimate of drug-likeness (QED) is 0.470. The number of carbonyl (C=O) groups is 2. The van der Waals surface area contributed by atoms with Gasteiger partial charge in [-0.05, 0) is 57.0 Å². The van der Waals surface area contributed by atoms with E-state index in [1.54, 1.807) is 43.3 Å². The van der Waals surface area contributed by atoms with Gasteiger partial charge in [-0.25, -0.2) is 8.42 Å². The topological polar surface area (TPSA) is 105 Å². The summed E-state index contributed by atoms with van der Waals surface area (Å²) >= 11 is 6.00. The van der Waals surface area contributed by atoms with Crippen LogP contribution in [0.1, 0.15) is 39.7 Å². The van der Waals surface area contributed by atoms with Gasteiger partial charge in [0, 0.05) is 23.7 Å². The van der Waals surface area contributed by atoms with Gasteiger partial charge in [0.15, 0.2) is 11.5 Å². The summed E-state index contributed by atoms with van der Waals surface area (Å²) in [5, 5.41) is 3.44. The molecule has 1 aliphatic rings. The van der Waals surface area contributed by atoms with Gasteiger partial charge < -0.3 is 19.7 Å². The van der Waals surface area contributed by atoms with Crippen LogP contribution in [0.3, 0.4) is 0 Å². The van der Waals surface area contributed by atoms with Gasteiger partial charge in [-0.2, -0.15) is 0 Å². The highest BCUT2D eigenvalue weighted by Gasteiger charge is 2.32. The number of hydrogen-bond acceptors (Lipinski definition) is 6. The van der Waals surface area contributed by atoms with Crippen LogP contribution in [0.5, 0.6) is 11.5 Å². The van der Waals surface area contributed by atoms with Gasteiger partial charge in [0.25, 0.3) is 0 Å². The standard InChI is InChI=1S/C25H32ClN3O6S/c1-5-17(3)27-25(31)18(4)28(14-19-7-9-20(26)10-8-19)24(30)15-29(36(32,33)6-2)21-11-12-22-23(13-21)35-16-34-22/h7-13,17-18H,5-6,14-16H2,1-4H3,(H,27,31). The van der Waals surface area contributed by atoms with E-state index in [9.17, 15) is 18.0 Å². The fraction of sp³-hybridized carbons (Fsp3) is 0.440. The highest BCUT2D eigenvalue weighted by Crippen LogP contribution is 2.36. The lowest BCUT2D eigenvalue weighted by atomic mass is 10.1. The molecule has 36 heavy (non-hydrogen) atoms. The number of ether oxygens (including phenoxy) is 2. The molecule has 0 aromatic heterocycles. The van der Waals surface area contributed by atoms with Crippen molar-refractivity contribution in [2.45, 2.75) is 52.7 Å². The van der Waals surface area contributed by atoms with E-state index in [4.69, 9.17) is 21.1 Å². The highest BCUT2D eigenvalue weighted by molar-refractivity contribution is 7.92. The fourth-order valence-corrected chi connectivity index (χ4v) is 4.77. The molecule has 0 saturated heterocycles. The third-order valence-corrected chi connectivity index (χ3v) is 8.05. The first-order valence-corrected chi connectivity index (χ1v) is 13.8. The van der Waals surface area contributed by atoms with Crippen LogP contribution in [0, 0.1) is 0 Å². The molecule has 1 heterocycles. The largest absolute Gasteiger partial charge is 0.454 e. The van der Waals surface area contributed by atoms with Crippen LogP contribution in [0.4, 0.5) is 5.69 Å². The summed E-state index contributed by atoms with van der Waals surface area (Å²) < 4.78 is 37.8. The minimum Gasteiger partial charge on any atom is -0.454 e. The van der Waals surface area contributed by atoms with Crippen LogP contribution in [-0.4, -0.2) is 56.3 Å². The molecular formula is C25H32ClN3O6S. The van der Waals surface area contributed by atoms with Crippen LogP contribution in [0.25, 0.3) is 0 Å². The molecular weight excluding hydrogens is 506 g/mol. The zero-order valence-corrected chi connectivity index (χ0v) is 22.4. The molecule has 0 saturated carbocycles. The molecule has 0 spiro atoms. The zero-order chi connectivity index (χ0) is 26.5. The van der Waals surface area contributed by atoms with E-state index >= 15 is 0 Å². The van der Waals surface area contributed by atoms with Crippen molar-refractivity contribution in [3.8, 4) is 11.5 Å². The van der Waals surface area contributed by atoms with Gasteiger partial charge in [-0.1, -0.05) is 30.7 Å². The summed E-state index contributed by atoms with van der Waals surface area (Å²) in [5.41, 5.74) is 1.03. The molecule has 196 valence electrons. The summed E-state index contributed by atoms with van der Waals surface area (Å²) in [6.07, 6.45) is 0.732. The second kappa shape index (κ2) is 11.8. The predicted molar refractivity (Wildman–Crippen MR) is 139 cm³/mol. The SMILES string of the molecule is CCC(C)NC(=O)C(C)N(Cc1ccc(Cl)cc1)C(=O)CN(c1ccc2c(c1)OCO2)S(=O)(=O)CC. The summed E-state index contributed by atoms with van der Waals surface area (Å²) in [7, 11) is -3.84. The van der Waals surface area contributed by atoms with Gasteiger partial charge in [-0.15, -0.1) is 0 Å². The van der Waals surface area contributed by atoms with Gasteiger partial charge in [0.05, 0.1) is 11.4 Å². The van der Waals surface area contributed by atoms with Gasteiger partial charge >= 0.3 is 0 Å². The number of sulfonamides is 1.